The van der Waals surface area contributed by atoms with E-state index >= 15 is 0 Å². The fraction of sp³-hybridized carbons (Fsp3) is 0.500. The van der Waals surface area contributed by atoms with Gasteiger partial charge >= 0.3 is 0 Å². The summed E-state index contributed by atoms with van der Waals surface area (Å²) in [6.45, 7) is 8.75. The van der Waals surface area contributed by atoms with Gasteiger partial charge in [-0.15, -0.1) is 0 Å². The summed E-state index contributed by atoms with van der Waals surface area (Å²) in [6, 6.07) is 6.78. The molecule has 1 amide bonds. The first-order valence-electron chi connectivity index (χ1n) is 9.96. The molecule has 26 heavy (non-hydrogen) atoms. The van der Waals surface area contributed by atoms with Crippen molar-refractivity contribution in [1.29, 1.82) is 0 Å². The molecule has 4 heteroatoms. The second-order valence-corrected chi connectivity index (χ2v) is 7.37. The van der Waals surface area contributed by atoms with Crippen molar-refractivity contribution in [2.75, 3.05) is 18.4 Å². The van der Waals surface area contributed by atoms with Crippen LogP contribution in [0.4, 0.5) is 5.69 Å². The van der Waals surface area contributed by atoms with Crippen LogP contribution >= 0.6 is 0 Å². The normalized spacial score (nSPS) is 16.5. The van der Waals surface area contributed by atoms with Crippen molar-refractivity contribution in [3.63, 3.8) is 0 Å². The highest BCUT2D eigenvalue weighted by molar-refractivity contribution is 5.98. The van der Waals surface area contributed by atoms with Gasteiger partial charge in [-0.3, -0.25) is 9.69 Å². The van der Waals surface area contributed by atoms with Gasteiger partial charge in [-0.2, -0.15) is 0 Å². The smallest absolute Gasteiger partial charge is 0.224 e. The van der Waals surface area contributed by atoms with Crippen molar-refractivity contribution in [2.24, 2.45) is 0 Å². The van der Waals surface area contributed by atoms with Crippen LogP contribution in [0, 0.1) is 0 Å². The molecule has 0 saturated heterocycles. The number of amides is 1. The molecule has 2 N–H and O–H groups in total. The number of rotatable bonds is 7. The van der Waals surface area contributed by atoms with E-state index in [9.17, 15) is 4.79 Å². The Morgan fingerprint density at radius 3 is 2.85 bits per heavy atom. The molecule has 0 bridgehead atoms. The molecular weight excluding hydrogens is 322 g/mol. The first-order chi connectivity index (χ1) is 12.6. The van der Waals surface area contributed by atoms with Gasteiger partial charge in [-0.25, -0.2) is 0 Å². The maximum Gasteiger partial charge on any atom is 0.224 e. The van der Waals surface area contributed by atoms with Gasteiger partial charge in [-0.05, 0) is 50.0 Å². The van der Waals surface area contributed by atoms with Gasteiger partial charge in [0, 0.05) is 53.9 Å². The summed E-state index contributed by atoms with van der Waals surface area (Å²) in [7, 11) is 0. The highest BCUT2D eigenvalue weighted by Gasteiger charge is 2.19. The van der Waals surface area contributed by atoms with Gasteiger partial charge < -0.3 is 10.3 Å². The number of benzene rings is 1. The third-order valence-electron chi connectivity index (χ3n) is 5.36. The zero-order chi connectivity index (χ0) is 18.5. The molecular formula is C22H31N3O. The van der Waals surface area contributed by atoms with Crippen molar-refractivity contribution in [2.45, 2.75) is 58.9 Å². The quantitative estimate of drug-likeness (QED) is 0.720. The lowest BCUT2D eigenvalue weighted by Crippen LogP contribution is -2.36. The number of hydrogen-bond acceptors (Lipinski definition) is 2. The Bertz CT molecular complexity index is 790. The number of aromatic nitrogens is 1. The molecule has 0 spiro atoms. The SMILES string of the molecule is CCCC(=O)Nc1ccc2[nH]cc(C3=CCN(C(C)CCC)CC3)c2c1. The molecule has 1 aromatic carbocycles. The van der Waals surface area contributed by atoms with E-state index in [1.54, 1.807) is 0 Å². The van der Waals surface area contributed by atoms with E-state index in [2.05, 4.69) is 53.5 Å². The molecule has 0 radical (unpaired) electrons. The number of aromatic amines is 1. The molecule has 4 nitrogen and oxygen atoms in total. The summed E-state index contributed by atoms with van der Waals surface area (Å²) >= 11 is 0. The first-order valence-corrected chi connectivity index (χ1v) is 9.96. The molecule has 1 aliphatic rings. The molecule has 0 aliphatic carbocycles. The minimum Gasteiger partial charge on any atom is -0.361 e. The average Bonchev–Trinajstić information content (AvgIpc) is 3.05. The van der Waals surface area contributed by atoms with Crippen molar-refractivity contribution in [3.8, 4) is 0 Å². The molecule has 1 unspecified atom stereocenters. The van der Waals surface area contributed by atoms with Gasteiger partial charge in [0.1, 0.15) is 0 Å². The molecule has 2 aromatic rings. The van der Waals surface area contributed by atoms with Crippen LogP contribution in [0.25, 0.3) is 16.5 Å². The Balaban J connectivity index is 1.79. The van der Waals surface area contributed by atoms with Crippen molar-refractivity contribution in [1.82, 2.24) is 9.88 Å². The summed E-state index contributed by atoms with van der Waals surface area (Å²) in [5, 5.41) is 4.21. The topological polar surface area (TPSA) is 48.1 Å². The van der Waals surface area contributed by atoms with E-state index in [0.29, 0.717) is 12.5 Å². The number of carbonyl (C=O) groups excluding carboxylic acids is 1. The number of fused-ring (bicyclic) bond motifs is 1. The molecule has 2 heterocycles. The number of nitrogens with zero attached hydrogens (tertiary/aromatic N) is 1. The fourth-order valence-corrected chi connectivity index (χ4v) is 3.84. The number of nitrogens with one attached hydrogen (secondary N) is 2. The number of carbonyl (C=O) groups is 1. The molecule has 0 saturated carbocycles. The van der Waals surface area contributed by atoms with E-state index < -0.39 is 0 Å². The summed E-state index contributed by atoms with van der Waals surface area (Å²) in [6.07, 6.45) is 9.49. The van der Waals surface area contributed by atoms with Gasteiger partial charge in [0.05, 0.1) is 0 Å². The Morgan fingerprint density at radius 1 is 1.31 bits per heavy atom. The summed E-state index contributed by atoms with van der Waals surface area (Å²) in [5.41, 5.74) is 4.69. The molecule has 1 atom stereocenters. The van der Waals surface area contributed by atoms with Crippen molar-refractivity contribution in [3.05, 3.63) is 36.0 Å². The fourth-order valence-electron chi connectivity index (χ4n) is 3.84. The molecule has 3 rings (SSSR count). The zero-order valence-corrected chi connectivity index (χ0v) is 16.3. The molecule has 1 aromatic heterocycles. The van der Waals surface area contributed by atoms with Crippen molar-refractivity contribution >= 4 is 28.1 Å². The van der Waals surface area contributed by atoms with Crippen LogP contribution in [0.1, 0.15) is 58.4 Å². The third-order valence-corrected chi connectivity index (χ3v) is 5.36. The predicted octanol–water partition coefficient (Wildman–Crippen LogP) is 5.18. The van der Waals surface area contributed by atoms with E-state index in [1.165, 1.54) is 29.4 Å². The maximum absolute atomic E-state index is 11.9. The van der Waals surface area contributed by atoms with Crippen LogP contribution in [-0.4, -0.2) is 34.9 Å². The monoisotopic (exact) mass is 353 g/mol. The van der Waals surface area contributed by atoms with E-state index in [1.807, 2.05) is 13.0 Å². The molecule has 1 aliphatic heterocycles. The van der Waals surface area contributed by atoms with E-state index in [0.717, 1.165) is 37.1 Å². The number of H-pyrrole nitrogens is 1. The number of hydrogen-bond donors (Lipinski definition) is 2. The Hall–Kier alpha value is -2.07. The van der Waals surface area contributed by atoms with Crippen LogP contribution in [0.3, 0.4) is 0 Å². The minimum absolute atomic E-state index is 0.0846. The first kappa shape index (κ1) is 18.7. The largest absolute Gasteiger partial charge is 0.361 e. The Morgan fingerprint density at radius 2 is 2.15 bits per heavy atom. The van der Waals surface area contributed by atoms with Crippen LogP contribution in [0.5, 0.6) is 0 Å². The second kappa shape index (κ2) is 8.54. The van der Waals surface area contributed by atoms with Gasteiger partial charge in [0.15, 0.2) is 0 Å². The van der Waals surface area contributed by atoms with Crippen LogP contribution in [-0.2, 0) is 4.79 Å². The van der Waals surface area contributed by atoms with E-state index in [-0.39, 0.29) is 5.91 Å². The van der Waals surface area contributed by atoms with Crippen LogP contribution in [0.2, 0.25) is 0 Å². The summed E-state index contributed by atoms with van der Waals surface area (Å²) in [4.78, 5) is 17.8. The number of anilines is 1. The van der Waals surface area contributed by atoms with Gasteiger partial charge in [0.2, 0.25) is 5.91 Å². The molecule has 140 valence electrons. The van der Waals surface area contributed by atoms with Gasteiger partial charge in [0.25, 0.3) is 0 Å². The minimum atomic E-state index is 0.0846. The second-order valence-electron chi connectivity index (χ2n) is 7.37. The maximum atomic E-state index is 11.9. The molecule has 0 fully saturated rings. The standard InChI is InChI=1S/C22H31N3O/c1-4-6-16(3)25-12-10-17(11-13-25)20-15-23-21-9-8-18(14-19(20)21)24-22(26)7-5-2/h8-10,14-16,23H,4-7,11-13H2,1-3H3,(H,24,26). The van der Waals surface area contributed by atoms with Gasteiger partial charge in [-0.1, -0.05) is 26.3 Å². The summed E-state index contributed by atoms with van der Waals surface area (Å²) < 4.78 is 0. The lowest BCUT2D eigenvalue weighted by Gasteiger charge is -2.31. The van der Waals surface area contributed by atoms with Crippen LogP contribution in [0.15, 0.2) is 30.5 Å². The lowest BCUT2D eigenvalue weighted by atomic mass is 9.97. The highest BCUT2D eigenvalue weighted by Crippen LogP contribution is 2.31. The van der Waals surface area contributed by atoms with E-state index in [4.69, 9.17) is 0 Å². The zero-order valence-electron chi connectivity index (χ0n) is 16.3. The highest BCUT2D eigenvalue weighted by atomic mass is 16.1. The lowest BCUT2D eigenvalue weighted by molar-refractivity contribution is -0.116. The van der Waals surface area contributed by atoms with Crippen LogP contribution < -0.4 is 5.32 Å². The Kier molecular flexibility index (Phi) is 6.15. The van der Waals surface area contributed by atoms with Crippen molar-refractivity contribution < 1.29 is 4.79 Å². The summed E-state index contributed by atoms with van der Waals surface area (Å²) in [5.74, 6) is 0.0846. The predicted molar refractivity (Wildman–Crippen MR) is 110 cm³/mol. The third kappa shape index (κ3) is 4.18. The average molecular weight is 354 g/mol. The Labute approximate surface area is 156 Å².